The van der Waals surface area contributed by atoms with E-state index >= 15 is 0 Å². The lowest BCUT2D eigenvalue weighted by atomic mass is 10.1. The molecule has 108 valence electrons. The van der Waals surface area contributed by atoms with Gasteiger partial charge in [0.05, 0.1) is 13.6 Å². The van der Waals surface area contributed by atoms with Crippen LogP contribution in [0.3, 0.4) is 0 Å². The predicted octanol–water partition coefficient (Wildman–Crippen LogP) is 4.72. The van der Waals surface area contributed by atoms with Gasteiger partial charge in [-0.15, -0.1) is 22.7 Å². The van der Waals surface area contributed by atoms with E-state index in [4.69, 9.17) is 0 Å². The maximum Gasteiger partial charge on any atom is 0.0791 e. The Hall–Kier alpha value is 0.280. The highest BCUT2D eigenvalue weighted by Gasteiger charge is 2.25. The first-order valence-corrected chi connectivity index (χ1v) is 9.91. The molecule has 20 heavy (non-hydrogen) atoms. The highest BCUT2D eigenvalue weighted by atomic mass is 79.9. The molecule has 0 unspecified atom stereocenters. The first-order chi connectivity index (χ1) is 9.74. The molecule has 3 heterocycles. The Morgan fingerprint density at radius 2 is 1.60 bits per heavy atom. The van der Waals surface area contributed by atoms with E-state index in [0.717, 1.165) is 26.2 Å². The lowest BCUT2D eigenvalue weighted by Gasteiger charge is -2.29. The van der Waals surface area contributed by atoms with Gasteiger partial charge in [-0.2, -0.15) is 0 Å². The van der Waals surface area contributed by atoms with Gasteiger partial charge in [0.15, 0.2) is 0 Å². The average Bonchev–Trinajstić information content (AvgIpc) is 2.93. The summed E-state index contributed by atoms with van der Waals surface area (Å²) in [4.78, 5) is 5.46. The molecule has 0 aromatic carbocycles. The number of rotatable bonds is 3. The molecule has 3 rings (SSSR count). The van der Waals surface area contributed by atoms with Crippen LogP contribution in [0.4, 0.5) is 0 Å². The molecule has 0 aliphatic carbocycles. The van der Waals surface area contributed by atoms with Gasteiger partial charge in [0.1, 0.15) is 0 Å². The molecule has 0 radical (unpaired) electrons. The van der Waals surface area contributed by atoms with E-state index in [1.54, 1.807) is 0 Å². The molecule has 0 spiro atoms. The van der Waals surface area contributed by atoms with Crippen molar-refractivity contribution in [3.8, 4) is 0 Å². The number of nitrogens with zero attached hydrogens (tertiary/aromatic N) is 1. The van der Waals surface area contributed by atoms with Crippen molar-refractivity contribution >= 4 is 54.5 Å². The van der Waals surface area contributed by atoms with Gasteiger partial charge in [-0.25, -0.2) is 0 Å². The quantitative estimate of drug-likeness (QED) is 0.750. The second kappa shape index (κ2) is 7.03. The van der Waals surface area contributed by atoms with E-state index in [1.807, 2.05) is 22.7 Å². The zero-order valence-corrected chi connectivity index (χ0v) is 15.7. The van der Waals surface area contributed by atoms with Gasteiger partial charge in [0, 0.05) is 29.4 Å². The average molecular weight is 436 g/mol. The fraction of sp³-hybridized carbons (Fsp3) is 0.429. The minimum Gasteiger partial charge on any atom is -0.315 e. The van der Waals surface area contributed by atoms with Crippen molar-refractivity contribution in [3.05, 3.63) is 41.6 Å². The summed E-state index contributed by atoms with van der Waals surface area (Å²) in [6.45, 7) is 4.47. The molecule has 1 saturated heterocycles. The minimum absolute atomic E-state index is 0.391. The van der Waals surface area contributed by atoms with Crippen molar-refractivity contribution < 1.29 is 0 Å². The number of hydrogen-bond donors (Lipinski definition) is 1. The monoisotopic (exact) mass is 434 g/mol. The molecule has 0 atom stereocenters. The van der Waals surface area contributed by atoms with Crippen LogP contribution in [0, 0.1) is 0 Å². The highest BCUT2D eigenvalue weighted by molar-refractivity contribution is 9.11. The molecule has 1 fully saturated rings. The molecule has 0 saturated carbocycles. The summed E-state index contributed by atoms with van der Waals surface area (Å²) in [6, 6.07) is 9.22. The smallest absolute Gasteiger partial charge is 0.0791 e. The van der Waals surface area contributed by atoms with E-state index in [-0.39, 0.29) is 0 Å². The summed E-state index contributed by atoms with van der Waals surface area (Å²) >= 11 is 10.9. The molecule has 0 bridgehead atoms. The van der Waals surface area contributed by atoms with Crippen LogP contribution in [-0.4, -0.2) is 31.1 Å². The van der Waals surface area contributed by atoms with Crippen LogP contribution in [0.5, 0.6) is 0 Å². The fourth-order valence-electron chi connectivity index (χ4n) is 2.58. The van der Waals surface area contributed by atoms with Gasteiger partial charge in [-0.3, -0.25) is 4.90 Å². The van der Waals surface area contributed by atoms with Gasteiger partial charge in [0.2, 0.25) is 0 Å². The van der Waals surface area contributed by atoms with Crippen LogP contribution in [0.2, 0.25) is 0 Å². The molecule has 2 aromatic rings. The molecule has 1 aliphatic rings. The van der Waals surface area contributed by atoms with E-state index in [1.165, 1.54) is 23.7 Å². The van der Waals surface area contributed by atoms with E-state index in [2.05, 4.69) is 66.3 Å². The lowest BCUT2D eigenvalue weighted by Crippen LogP contribution is -2.32. The summed E-state index contributed by atoms with van der Waals surface area (Å²) in [5, 5.41) is 3.49. The third kappa shape index (κ3) is 3.54. The van der Waals surface area contributed by atoms with Crippen LogP contribution in [0.25, 0.3) is 0 Å². The van der Waals surface area contributed by atoms with Gasteiger partial charge < -0.3 is 5.32 Å². The van der Waals surface area contributed by atoms with Gasteiger partial charge >= 0.3 is 0 Å². The van der Waals surface area contributed by atoms with Gasteiger partial charge in [0.25, 0.3) is 0 Å². The summed E-state index contributed by atoms with van der Waals surface area (Å²) in [5.74, 6) is 0. The molecule has 1 aliphatic heterocycles. The van der Waals surface area contributed by atoms with Crippen molar-refractivity contribution in [2.45, 2.75) is 12.5 Å². The van der Waals surface area contributed by atoms with E-state index < -0.39 is 0 Å². The van der Waals surface area contributed by atoms with Crippen molar-refractivity contribution in [2.24, 2.45) is 0 Å². The Kier molecular flexibility index (Phi) is 5.34. The Morgan fingerprint density at radius 3 is 2.15 bits per heavy atom. The third-order valence-electron chi connectivity index (χ3n) is 3.47. The molecule has 0 amide bonds. The van der Waals surface area contributed by atoms with Crippen molar-refractivity contribution in [1.82, 2.24) is 10.2 Å². The van der Waals surface area contributed by atoms with Gasteiger partial charge in [-0.1, -0.05) is 0 Å². The Balaban J connectivity index is 1.94. The van der Waals surface area contributed by atoms with E-state index in [9.17, 15) is 0 Å². The van der Waals surface area contributed by atoms with Crippen LogP contribution < -0.4 is 5.32 Å². The van der Waals surface area contributed by atoms with Gasteiger partial charge in [-0.05, 0) is 69.1 Å². The molecule has 2 aromatic heterocycles. The Bertz CT molecular complexity index is 519. The maximum atomic E-state index is 3.60. The topological polar surface area (TPSA) is 15.3 Å². The van der Waals surface area contributed by atoms with Crippen molar-refractivity contribution in [3.63, 3.8) is 0 Å². The van der Waals surface area contributed by atoms with E-state index in [0.29, 0.717) is 6.04 Å². The first-order valence-electron chi connectivity index (χ1n) is 6.69. The SMILES string of the molecule is Brc1ccc(C(c2ccc(Br)s2)N2CCCNCC2)s1. The first kappa shape index (κ1) is 15.2. The predicted molar refractivity (Wildman–Crippen MR) is 94.9 cm³/mol. The third-order valence-corrected chi connectivity index (χ3v) is 6.82. The highest BCUT2D eigenvalue weighted by Crippen LogP contribution is 2.39. The lowest BCUT2D eigenvalue weighted by molar-refractivity contribution is 0.247. The summed E-state index contributed by atoms with van der Waals surface area (Å²) in [5.41, 5.74) is 0. The molecular weight excluding hydrogens is 420 g/mol. The van der Waals surface area contributed by atoms with Crippen LogP contribution >= 0.6 is 54.5 Å². The maximum absolute atomic E-state index is 3.60. The molecular formula is C14H16Br2N2S2. The number of thiophene rings is 2. The minimum atomic E-state index is 0.391. The Labute approximate surface area is 144 Å². The van der Waals surface area contributed by atoms with Crippen molar-refractivity contribution in [2.75, 3.05) is 26.2 Å². The largest absolute Gasteiger partial charge is 0.315 e. The standard InChI is InChI=1S/C14H16Br2N2S2/c15-12-4-2-10(19-12)14(11-3-5-13(16)20-11)18-8-1-6-17-7-9-18/h2-5,14,17H,1,6-9H2. The van der Waals surface area contributed by atoms with Crippen LogP contribution in [0.1, 0.15) is 22.2 Å². The molecule has 6 heteroatoms. The summed E-state index contributed by atoms with van der Waals surface area (Å²) in [6.07, 6.45) is 1.22. The Morgan fingerprint density at radius 1 is 0.950 bits per heavy atom. The second-order valence-corrected chi connectivity index (χ2v) is 9.81. The number of nitrogens with one attached hydrogen (secondary N) is 1. The summed E-state index contributed by atoms with van der Waals surface area (Å²) in [7, 11) is 0. The number of halogens is 2. The summed E-state index contributed by atoms with van der Waals surface area (Å²) < 4.78 is 2.42. The van der Waals surface area contributed by atoms with Crippen molar-refractivity contribution in [1.29, 1.82) is 0 Å². The molecule has 1 N–H and O–H groups in total. The van der Waals surface area contributed by atoms with Crippen LogP contribution in [-0.2, 0) is 0 Å². The normalized spacial score (nSPS) is 17.6. The molecule has 2 nitrogen and oxygen atoms in total. The zero-order chi connectivity index (χ0) is 13.9. The van der Waals surface area contributed by atoms with Crippen LogP contribution in [0.15, 0.2) is 31.8 Å². The zero-order valence-electron chi connectivity index (χ0n) is 10.9. The fourth-order valence-corrected chi connectivity index (χ4v) is 5.81. The number of hydrogen-bond acceptors (Lipinski definition) is 4. The second-order valence-electron chi connectivity index (χ2n) is 4.83.